The van der Waals surface area contributed by atoms with E-state index in [0.717, 1.165) is 16.9 Å². The molecule has 0 aliphatic carbocycles. The van der Waals surface area contributed by atoms with Crippen LogP contribution in [-0.2, 0) is 22.6 Å². The number of para-hydroxylation sites is 1. The minimum Gasteiger partial charge on any atom is -0.496 e. The number of hydrogen-bond donors (Lipinski definition) is 0. The van der Waals surface area contributed by atoms with Gasteiger partial charge in [0, 0.05) is 12.0 Å². The molecule has 0 aromatic heterocycles. The van der Waals surface area contributed by atoms with Crippen molar-refractivity contribution in [3.05, 3.63) is 65.7 Å². The first-order valence-corrected chi connectivity index (χ1v) is 7.86. The number of oxime groups is 1. The van der Waals surface area contributed by atoms with Crippen LogP contribution in [0, 0.1) is 0 Å². The summed E-state index contributed by atoms with van der Waals surface area (Å²) in [6.07, 6.45) is -0.107. The van der Waals surface area contributed by atoms with E-state index >= 15 is 0 Å². The van der Waals surface area contributed by atoms with Gasteiger partial charge in [-0.3, -0.25) is 9.69 Å². The van der Waals surface area contributed by atoms with Crippen LogP contribution in [-0.4, -0.2) is 29.9 Å². The van der Waals surface area contributed by atoms with Crippen LogP contribution in [0.3, 0.4) is 0 Å². The molecule has 0 bridgehead atoms. The highest BCUT2D eigenvalue weighted by Gasteiger charge is 2.32. The number of carbonyl (C=O) groups excluding carboxylic acids is 1. The summed E-state index contributed by atoms with van der Waals surface area (Å²) in [4.78, 5) is 19.9. The van der Waals surface area contributed by atoms with Crippen molar-refractivity contribution in [1.29, 1.82) is 0 Å². The second-order valence-electron chi connectivity index (χ2n) is 5.66. The summed E-state index contributed by atoms with van der Waals surface area (Å²) in [6, 6.07) is 17.5. The summed E-state index contributed by atoms with van der Waals surface area (Å²) in [7, 11) is 1.62. The number of methoxy groups -OCH3 is 1. The number of benzene rings is 2. The first kappa shape index (κ1) is 16.1. The van der Waals surface area contributed by atoms with E-state index in [1.807, 2.05) is 54.6 Å². The summed E-state index contributed by atoms with van der Waals surface area (Å²) in [6.45, 7) is 2.18. The molecular weight excluding hydrogens is 304 g/mol. The predicted octanol–water partition coefficient (Wildman–Crippen LogP) is 3.00. The Kier molecular flexibility index (Phi) is 4.79. The molecule has 0 N–H and O–H groups in total. The predicted molar refractivity (Wildman–Crippen MR) is 91.7 cm³/mol. The molecule has 1 unspecified atom stereocenters. The van der Waals surface area contributed by atoms with Gasteiger partial charge in [0.25, 0.3) is 5.91 Å². The molecule has 0 saturated heterocycles. The topological polar surface area (TPSA) is 51.1 Å². The van der Waals surface area contributed by atoms with E-state index in [1.54, 1.807) is 18.9 Å². The Morgan fingerprint density at radius 2 is 1.83 bits per heavy atom. The minimum atomic E-state index is -0.606. The Bertz CT molecular complexity index is 743. The SMILES string of the molecule is COc1ccccc1CN1C(=O)C(Cc2ccccc2)ON=C1C. The van der Waals surface area contributed by atoms with Crippen molar-refractivity contribution >= 4 is 11.7 Å². The van der Waals surface area contributed by atoms with Gasteiger partial charge in [0.05, 0.1) is 13.7 Å². The van der Waals surface area contributed by atoms with E-state index in [0.29, 0.717) is 18.8 Å². The lowest BCUT2D eigenvalue weighted by Gasteiger charge is -2.30. The van der Waals surface area contributed by atoms with E-state index in [4.69, 9.17) is 9.57 Å². The maximum Gasteiger partial charge on any atom is 0.272 e. The molecule has 2 aromatic carbocycles. The molecule has 0 spiro atoms. The molecule has 0 radical (unpaired) electrons. The quantitative estimate of drug-likeness (QED) is 0.849. The van der Waals surface area contributed by atoms with Crippen LogP contribution in [0.1, 0.15) is 18.1 Å². The summed E-state index contributed by atoms with van der Waals surface area (Å²) in [5.41, 5.74) is 1.98. The zero-order chi connectivity index (χ0) is 16.9. The second kappa shape index (κ2) is 7.17. The van der Waals surface area contributed by atoms with Crippen molar-refractivity contribution < 1.29 is 14.4 Å². The molecule has 3 rings (SSSR count). The van der Waals surface area contributed by atoms with Crippen LogP contribution < -0.4 is 4.74 Å². The molecule has 1 atom stereocenters. The number of amides is 1. The molecule has 1 aliphatic rings. The van der Waals surface area contributed by atoms with Gasteiger partial charge < -0.3 is 9.57 Å². The van der Waals surface area contributed by atoms with Crippen molar-refractivity contribution in [3.8, 4) is 5.75 Å². The van der Waals surface area contributed by atoms with Crippen molar-refractivity contribution in [1.82, 2.24) is 4.90 Å². The number of carbonyl (C=O) groups is 1. The highest BCUT2D eigenvalue weighted by Crippen LogP contribution is 2.22. The number of nitrogens with zero attached hydrogens (tertiary/aromatic N) is 2. The smallest absolute Gasteiger partial charge is 0.272 e. The van der Waals surface area contributed by atoms with Crippen molar-refractivity contribution in [3.63, 3.8) is 0 Å². The summed E-state index contributed by atoms with van der Waals surface area (Å²) in [5, 5.41) is 4.07. The molecule has 24 heavy (non-hydrogen) atoms. The Hall–Kier alpha value is -2.82. The molecule has 0 saturated carbocycles. The molecule has 1 aliphatic heterocycles. The number of ether oxygens (including phenoxy) is 1. The van der Waals surface area contributed by atoms with Gasteiger partial charge in [-0.25, -0.2) is 0 Å². The minimum absolute atomic E-state index is 0.0859. The van der Waals surface area contributed by atoms with Crippen molar-refractivity contribution in [2.75, 3.05) is 7.11 Å². The first-order valence-electron chi connectivity index (χ1n) is 7.86. The van der Waals surface area contributed by atoms with Gasteiger partial charge in [0.15, 0.2) is 0 Å². The van der Waals surface area contributed by atoms with Crippen LogP contribution >= 0.6 is 0 Å². The standard InChI is InChI=1S/C19H20N2O3/c1-14-20-24-18(12-15-8-4-3-5-9-15)19(22)21(14)13-16-10-6-7-11-17(16)23-2/h3-11,18H,12-13H2,1-2H3. The van der Waals surface area contributed by atoms with Gasteiger partial charge in [-0.15, -0.1) is 0 Å². The highest BCUT2D eigenvalue weighted by molar-refractivity contribution is 6.00. The Balaban J connectivity index is 1.78. The lowest BCUT2D eigenvalue weighted by molar-refractivity contribution is -0.143. The normalized spacial score (nSPS) is 17.2. The summed E-state index contributed by atoms with van der Waals surface area (Å²) < 4.78 is 5.37. The van der Waals surface area contributed by atoms with Crippen LogP contribution in [0.15, 0.2) is 59.8 Å². The fourth-order valence-corrected chi connectivity index (χ4v) is 2.72. The fraction of sp³-hybridized carbons (Fsp3) is 0.263. The number of hydrogen-bond acceptors (Lipinski definition) is 4. The Morgan fingerprint density at radius 3 is 2.58 bits per heavy atom. The van der Waals surface area contributed by atoms with Gasteiger partial charge in [-0.1, -0.05) is 53.7 Å². The molecule has 5 nitrogen and oxygen atoms in total. The van der Waals surface area contributed by atoms with Gasteiger partial charge in [-0.05, 0) is 18.6 Å². The average Bonchev–Trinajstić information content (AvgIpc) is 2.62. The van der Waals surface area contributed by atoms with Gasteiger partial charge in [-0.2, -0.15) is 0 Å². The molecule has 1 amide bonds. The van der Waals surface area contributed by atoms with E-state index in [-0.39, 0.29) is 5.91 Å². The molecule has 0 fully saturated rings. The third kappa shape index (κ3) is 3.40. The molecule has 124 valence electrons. The third-order valence-corrected chi connectivity index (χ3v) is 4.03. The van der Waals surface area contributed by atoms with Gasteiger partial charge in [0.1, 0.15) is 11.6 Å². The second-order valence-corrected chi connectivity index (χ2v) is 5.66. The molecule has 5 heteroatoms. The average molecular weight is 324 g/mol. The Morgan fingerprint density at radius 1 is 1.12 bits per heavy atom. The third-order valence-electron chi connectivity index (χ3n) is 4.03. The lowest BCUT2D eigenvalue weighted by Crippen LogP contribution is -2.46. The zero-order valence-corrected chi connectivity index (χ0v) is 13.8. The van der Waals surface area contributed by atoms with Gasteiger partial charge >= 0.3 is 0 Å². The monoisotopic (exact) mass is 324 g/mol. The van der Waals surface area contributed by atoms with E-state index < -0.39 is 6.10 Å². The zero-order valence-electron chi connectivity index (χ0n) is 13.8. The number of amidine groups is 1. The lowest BCUT2D eigenvalue weighted by atomic mass is 10.1. The van der Waals surface area contributed by atoms with Gasteiger partial charge in [0.2, 0.25) is 6.10 Å². The maximum absolute atomic E-state index is 12.8. The first-order chi connectivity index (χ1) is 11.7. The molecule has 1 heterocycles. The summed E-state index contributed by atoms with van der Waals surface area (Å²) in [5.74, 6) is 1.22. The largest absolute Gasteiger partial charge is 0.496 e. The number of rotatable bonds is 5. The van der Waals surface area contributed by atoms with Crippen LogP contribution in [0.5, 0.6) is 5.75 Å². The van der Waals surface area contributed by atoms with Crippen LogP contribution in [0.2, 0.25) is 0 Å². The van der Waals surface area contributed by atoms with E-state index in [2.05, 4.69) is 5.16 Å². The van der Waals surface area contributed by atoms with Crippen LogP contribution in [0.4, 0.5) is 0 Å². The maximum atomic E-state index is 12.8. The van der Waals surface area contributed by atoms with E-state index in [1.165, 1.54) is 0 Å². The molecular formula is C19H20N2O3. The van der Waals surface area contributed by atoms with Crippen molar-refractivity contribution in [2.24, 2.45) is 5.16 Å². The summed E-state index contributed by atoms with van der Waals surface area (Å²) >= 11 is 0. The highest BCUT2D eigenvalue weighted by atomic mass is 16.6. The van der Waals surface area contributed by atoms with Crippen LogP contribution in [0.25, 0.3) is 0 Å². The molecule has 2 aromatic rings. The Labute approximate surface area is 141 Å². The van der Waals surface area contributed by atoms with Crippen molar-refractivity contribution in [2.45, 2.75) is 26.0 Å². The van der Waals surface area contributed by atoms with E-state index in [9.17, 15) is 4.79 Å². The fourth-order valence-electron chi connectivity index (χ4n) is 2.72.